The molecule has 1 aliphatic heterocycles. The average Bonchev–Trinajstić information content (AvgIpc) is 3.24. The van der Waals surface area contributed by atoms with E-state index in [2.05, 4.69) is 10.6 Å². The standard InChI is InChI=1S/C22H26N2O4/c25-21(13-7-15-27-17-8-2-1-3-9-17)24-20-12-5-4-11-19(20)22(26)23-16-18-10-6-14-28-18/h1-5,8-9,11-12,18H,6-7,10,13-16H2,(H,23,26)(H,24,25). The number of anilines is 1. The predicted molar refractivity (Wildman–Crippen MR) is 108 cm³/mol. The van der Waals surface area contributed by atoms with Crippen molar-refractivity contribution < 1.29 is 19.1 Å². The van der Waals surface area contributed by atoms with Gasteiger partial charge < -0.3 is 20.1 Å². The van der Waals surface area contributed by atoms with Crippen LogP contribution in [0.3, 0.4) is 0 Å². The van der Waals surface area contributed by atoms with Crippen molar-refractivity contribution in [1.82, 2.24) is 5.32 Å². The summed E-state index contributed by atoms with van der Waals surface area (Å²) in [5.41, 5.74) is 0.968. The lowest BCUT2D eigenvalue weighted by molar-refractivity contribution is -0.116. The molecule has 6 heteroatoms. The van der Waals surface area contributed by atoms with Gasteiger partial charge in [-0.1, -0.05) is 30.3 Å². The van der Waals surface area contributed by atoms with Crippen molar-refractivity contribution in [2.45, 2.75) is 31.8 Å². The Balaban J connectivity index is 1.45. The van der Waals surface area contributed by atoms with Crippen molar-refractivity contribution in [3.8, 4) is 5.75 Å². The topological polar surface area (TPSA) is 76.7 Å². The van der Waals surface area contributed by atoms with Crippen molar-refractivity contribution in [2.75, 3.05) is 25.1 Å². The Morgan fingerprint density at radius 2 is 1.86 bits per heavy atom. The number of rotatable bonds is 9. The first-order chi connectivity index (χ1) is 13.7. The molecule has 0 saturated carbocycles. The lowest BCUT2D eigenvalue weighted by atomic mass is 10.1. The number of carbonyl (C=O) groups excluding carboxylic acids is 2. The van der Waals surface area contributed by atoms with Crippen LogP contribution < -0.4 is 15.4 Å². The van der Waals surface area contributed by atoms with E-state index in [0.717, 1.165) is 25.2 Å². The number of para-hydroxylation sites is 2. The number of nitrogens with one attached hydrogen (secondary N) is 2. The number of ether oxygens (including phenoxy) is 2. The minimum atomic E-state index is -0.209. The van der Waals surface area contributed by atoms with Gasteiger partial charge in [0.1, 0.15) is 5.75 Å². The fourth-order valence-electron chi connectivity index (χ4n) is 3.05. The maximum Gasteiger partial charge on any atom is 0.253 e. The van der Waals surface area contributed by atoms with Crippen LogP contribution >= 0.6 is 0 Å². The Morgan fingerprint density at radius 1 is 1.07 bits per heavy atom. The maximum absolute atomic E-state index is 12.5. The molecule has 2 aromatic rings. The molecule has 2 N–H and O–H groups in total. The number of hydrogen-bond donors (Lipinski definition) is 2. The molecule has 148 valence electrons. The molecule has 1 saturated heterocycles. The summed E-state index contributed by atoms with van der Waals surface area (Å²) in [6.45, 7) is 1.69. The minimum absolute atomic E-state index is 0.0790. The highest BCUT2D eigenvalue weighted by Gasteiger charge is 2.18. The summed E-state index contributed by atoms with van der Waals surface area (Å²) < 4.78 is 11.1. The molecule has 0 aromatic heterocycles. The highest BCUT2D eigenvalue weighted by Crippen LogP contribution is 2.17. The second-order valence-corrected chi connectivity index (χ2v) is 6.70. The Bertz CT molecular complexity index is 773. The van der Waals surface area contributed by atoms with Crippen LogP contribution in [-0.4, -0.2) is 37.7 Å². The van der Waals surface area contributed by atoms with Crippen molar-refractivity contribution in [1.29, 1.82) is 0 Å². The van der Waals surface area contributed by atoms with E-state index in [1.807, 2.05) is 30.3 Å². The third kappa shape index (κ3) is 6.09. The van der Waals surface area contributed by atoms with Crippen LogP contribution in [0, 0.1) is 0 Å². The summed E-state index contributed by atoms with van der Waals surface area (Å²) in [6, 6.07) is 16.5. The summed E-state index contributed by atoms with van der Waals surface area (Å²) in [7, 11) is 0. The molecular weight excluding hydrogens is 356 g/mol. The molecule has 0 aliphatic carbocycles. The lowest BCUT2D eigenvalue weighted by Crippen LogP contribution is -2.32. The molecular formula is C22H26N2O4. The molecule has 1 aliphatic rings. The number of hydrogen-bond acceptors (Lipinski definition) is 4. The van der Waals surface area contributed by atoms with Crippen molar-refractivity contribution in [3.05, 3.63) is 60.2 Å². The summed E-state index contributed by atoms with van der Waals surface area (Å²) in [5.74, 6) is 0.436. The van der Waals surface area contributed by atoms with Crippen molar-refractivity contribution >= 4 is 17.5 Å². The molecule has 2 amide bonds. The Labute approximate surface area is 165 Å². The summed E-state index contributed by atoms with van der Waals surface area (Å²) >= 11 is 0. The molecule has 3 rings (SSSR count). The zero-order valence-corrected chi connectivity index (χ0v) is 15.9. The van der Waals surface area contributed by atoms with E-state index in [0.29, 0.717) is 37.2 Å². The van der Waals surface area contributed by atoms with Gasteiger partial charge in [0, 0.05) is 19.6 Å². The van der Waals surface area contributed by atoms with Crippen LogP contribution in [0.2, 0.25) is 0 Å². The first-order valence-electron chi connectivity index (χ1n) is 9.69. The van der Waals surface area contributed by atoms with Crippen molar-refractivity contribution in [2.24, 2.45) is 0 Å². The molecule has 1 unspecified atom stereocenters. The predicted octanol–water partition coefficient (Wildman–Crippen LogP) is 3.39. The first-order valence-corrected chi connectivity index (χ1v) is 9.69. The summed E-state index contributed by atoms with van der Waals surface area (Å²) in [4.78, 5) is 24.7. The van der Waals surface area contributed by atoms with Gasteiger partial charge in [-0.3, -0.25) is 9.59 Å². The highest BCUT2D eigenvalue weighted by molar-refractivity contribution is 6.03. The zero-order chi connectivity index (χ0) is 19.6. The van der Waals surface area contributed by atoms with E-state index >= 15 is 0 Å². The summed E-state index contributed by atoms with van der Waals surface area (Å²) in [5, 5.41) is 5.72. The SMILES string of the molecule is O=C(CCCOc1ccccc1)Nc1ccccc1C(=O)NCC1CCCO1. The van der Waals surface area contributed by atoms with E-state index in [1.54, 1.807) is 24.3 Å². The fourth-order valence-corrected chi connectivity index (χ4v) is 3.05. The van der Waals surface area contributed by atoms with Gasteiger partial charge in [0.15, 0.2) is 0 Å². The van der Waals surface area contributed by atoms with E-state index < -0.39 is 0 Å². The monoisotopic (exact) mass is 382 g/mol. The maximum atomic E-state index is 12.5. The van der Waals surface area contributed by atoms with Gasteiger partial charge in [-0.15, -0.1) is 0 Å². The molecule has 2 aromatic carbocycles. The molecule has 1 atom stereocenters. The van der Waals surface area contributed by atoms with E-state index in [9.17, 15) is 9.59 Å². The third-order valence-electron chi connectivity index (χ3n) is 4.52. The molecule has 0 bridgehead atoms. The normalized spacial score (nSPS) is 15.8. The second kappa shape index (κ2) is 10.5. The van der Waals surface area contributed by atoms with Gasteiger partial charge in [0.2, 0.25) is 5.91 Å². The Morgan fingerprint density at radius 3 is 2.64 bits per heavy atom. The highest BCUT2D eigenvalue weighted by atomic mass is 16.5. The number of benzene rings is 2. The Hall–Kier alpha value is -2.86. The van der Waals surface area contributed by atoms with Gasteiger partial charge in [-0.2, -0.15) is 0 Å². The molecule has 1 heterocycles. The molecule has 1 fully saturated rings. The van der Waals surface area contributed by atoms with Crippen LogP contribution in [0.15, 0.2) is 54.6 Å². The average molecular weight is 382 g/mol. The number of carbonyl (C=O) groups is 2. The second-order valence-electron chi connectivity index (χ2n) is 6.70. The van der Waals surface area contributed by atoms with Crippen LogP contribution in [0.5, 0.6) is 5.75 Å². The van der Waals surface area contributed by atoms with Gasteiger partial charge in [0.25, 0.3) is 5.91 Å². The van der Waals surface area contributed by atoms with Gasteiger partial charge >= 0.3 is 0 Å². The van der Waals surface area contributed by atoms with Crippen LogP contribution in [0.4, 0.5) is 5.69 Å². The van der Waals surface area contributed by atoms with Gasteiger partial charge in [-0.25, -0.2) is 0 Å². The fraction of sp³-hybridized carbons (Fsp3) is 0.364. The van der Waals surface area contributed by atoms with E-state index in [-0.39, 0.29) is 17.9 Å². The zero-order valence-electron chi connectivity index (χ0n) is 15.9. The van der Waals surface area contributed by atoms with Gasteiger partial charge in [0.05, 0.1) is 24.0 Å². The molecule has 6 nitrogen and oxygen atoms in total. The quantitative estimate of drug-likeness (QED) is 0.652. The van der Waals surface area contributed by atoms with Crippen molar-refractivity contribution in [3.63, 3.8) is 0 Å². The molecule has 28 heavy (non-hydrogen) atoms. The summed E-state index contributed by atoms with van der Waals surface area (Å²) in [6.07, 6.45) is 2.98. The smallest absolute Gasteiger partial charge is 0.253 e. The Kier molecular flexibility index (Phi) is 7.44. The van der Waals surface area contributed by atoms with E-state index in [1.165, 1.54) is 0 Å². The third-order valence-corrected chi connectivity index (χ3v) is 4.52. The van der Waals surface area contributed by atoms with E-state index in [4.69, 9.17) is 9.47 Å². The largest absolute Gasteiger partial charge is 0.494 e. The van der Waals surface area contributed by atoms with Crippen LogP contribution in [0.1, 0.15) is 36.0 Å². The number of amides is 2. The van der Waals surface area contributed by atoms with Gasteiger partial charge in [-0.05, 0) is 43.5 Å². The first kappa shape index (κ1) is 19.9. The van der Waals surface area contributed by atoms with Crippen LogP contribution in [0.25, 0.3) is 0 Å². The lowest BCUT2D eigenvalue weighted by Gasteiger charge is -2.14. The minimum Gasteiger partial charge on any atom is -0.494 e. The molecule has 0 spiro atoms. The van der Waals surface area contributed by atoms with Crippen LogP contribution in [-0.2, 0) is 9.53 Å². The molecule has 0 radical (unpaired) electrons.